The average Bonchev–Trinajstić information content (AvgIpc) is 2.88. The number of nitrogens with zero attached hydrogens (tertiary/aromatic N) is 2. The molecule has 3 rings (SSSR count). The molecule has 0 radical (unpaired) electrons. The van der Waals surface area contributed by atoms with Gasteiger partial charge in [-0.15, -0.1) is 0 Å². The van der Waals surface area contributed by atoms with E-state index < -0.39 is 12.1 Å². The average molecular weight is 465 g/mol. The van der Waals surface area contributed by atoms with Crippen molar-refractivity contribution in [2.45, 2.75) is 38.3 Å². The maximum absolute atomic E-state index is 13.2. The predicted molar refractivity (Wildman–Crippen MR) is 128 cm³/mol. The molecule has 1 saturated heterocycles. The maximum atomic E-state index is 13.2. The van der Waals surface area contributed by atoms with E-state index in [1.807, 2.05) is 61.5 Å². The molecule has 0 aromatic heterocycles. The first kappa shape index (κ1) is 25.1. The van der Waals surface area contributed by atoms with Crippen LogP contribution in [-0.2, 0) is 22.4 Å². The van der Waals surface area contributed by atoms with Gasteiger partial charge in [0.05, 0.1) is 25.9 Å². The van der Waals surface area contributed by atoms with E-state index >= 15 is 0 Å². The van der Waals surface area contributed by atoms with Crippen molar-refractivity contribution in [3.8, 4) is 11.8 Å². The number of urea groups is 1. The van der Waals surface area contributed by atoms with Gasteiger partial charge in [0.2, 0.25) is 5.91 Å². The largest absolute Gasteiger partial charge is 0.494 e. The molecule has 2 aromatic carbocycles. The lowest BCUT2D eigenvalue weighted by Crippen LogP contribution is -2.55. The van der Waals surface area contributed by atoms with E-state index in [1.54, 1.807) is 4.90 Å². The van der Waals surface area contributed by atoms with Gasteiger partial charge in [-0.3, -0.25) is 4.79 Å². The van der Waals surface area contributed by atoms with E-state index in [0.29, 0.717) is 52.2 Å². The number of amides is 3. The highest BCUT2D eigenvalue weighted by molar-refractivity contribution is 5.87. The summed E-state index contributed by atoms with van der Waals surface area (Å²) in [7, 11) is 0. The molecule has 34 heavy (non-hydrogen) atoms. The van der Waals surface area contributed by atoms with E-state index in [0.717, 1.165) is 16.9 Å². The van der Waals surface area contributed by atoms with E-state index in [2.05, 4.69) is 16.7 Å². The zero-order chi connectivity index (χ0) is 24.2. The Morgan fingerprint density at radius 1 is 1.06 bits per heavy atom. The molecule has 1 aliphatic heterocycles. The fraction of sp³-hybridized carbons (Fsp3) is 0.423. The zero-order valence-electron chi connectivity index (χ0n) is 19.5. The van der Waals surface area contributed by atoms with Gasteiger partial charge in [0.25, 0.3) is 0 Å². The molecule has 8 nitrogen and oxygen atoms in total. The van der Waals surface area contributed by atoms with Crippen LogP contribution in [0.2, 0.25) is 0 Å². The third-order valence-corrected chi connectivity index (χ3v) is 5.62. The third-order valence-electron chi connectivity index (χ3n) is 5.62. The van der Waals surface area contributed by atoms with E-state index in [1.165, 1.54) is 0 Å². The molecule has 2 aromatic rings. The van der Waals surface area contributed by atoms with Crippen molar-refractivity contribution >= 4 is 11.9 Å². The van der Waals surface area contributed by atoms with Gasteiger partial charge in [-0.1, -0.05) is 42.5 Å². The lowest BCUT2D eigenvalue weighted by Gasteiger charge is -2.29. The molecular formula is C26H32N4O4. The van der Waals surface area contributed by atoms with Gasteiger partial charge in [0.15, 0.2) is 0 Å². The quantitative estimate of drug-likeness (QED) is 0.563. The number of hydrogen-bond acceptors (Lipinski definition) is 5. The smallest absolute Gasteiger partial charge is 0.318 e. The van der Waals surface area contributed by atoms with Gasteiger partial charge < -0.3 is 25.0 Å². The van der Waals surface area contributed by atoms with Crippen molar-refractivity contribution in [2.24, 2.45) is 0 Å². The molecule has 8 heteroatoms. The highest BCUT2D eigenvalue weighted by Gasteiger charge is 2.26. The number of ether oxygens (including phenoxy) is 2. The first-order chi connectivity index (χ1) is 16.6. The van der Waals surface area contributed by atoms with Gasteiger partial charge >= 0.3 is 6.03 Å². The van der Waals surface area contributed by atoms with Crippen LogP contribution >= 0.6 is 0 Å². The molecule has 0 aliphatic carbocycles. The molecule has 2 N–H and O–H groups in total. The standard InChI is InChI=1S/C26H32N4O4/c1-2-34-23-12-9-21(10-13-23)18-24(29-26(32)30-14-16-33-17-15-30)25(31)28-22(19-27)11-8-20-6-4-3-5-7-20/h3-7,9-10,12-13,22,24H,2,8,11,14-18H2,1H3,(H,28,31)(H,29,32)/t22-,24-/m0/s1. The first-order valence-corrected chi connectivity index (χ1v) is 11.7. The van der Waals surface area contributed by atoms with Gasteiger partial charge in [-0.2, -0.15) is 5.26 Å². The van der Waals surface area contributed by atoms with Crippen molar-refractivity contribution in [1.82, 2.24) is 15.5 Å². The molecule has 3 amide bonds. The Balaban J connectivity index is 1.66. The highest BCUT2D eigenvalue weighted by atomic mass is 16.5. The summed E-state index contributed by atoms with van der Waals surface area (Å²) in [6.07, 6.45) is 1.45. The summed E-state index contributed by atoms with van der Waals surface area (Å²) in [5.41, 5.74) is 1.98. The molecule has 0 bridgehead atoms. The number of carbonyl (C=O) groups is 2. The number of carbonyl (C=O) groups excluding carboxylic acids is 2. The second kappa shape index (κ2) is 13.2. The fourth-order valence-electron chi connectivity index (χ4n) is 3.74. The van der Waals surface area contributed by atoms with Crippen LogP contribution < -0.4 is 15.4 Å². The number of nitriles is 1. The Morgan fingerprint density at radius 2 is 1.76 bits per heavy atom. The minimum atomic E-state index is -0.819. The molecule has 1 aliphatic rings. The molecule has 180 valence electrons. The second-order valence-electron chi connectivity index (χ2n) is 8.10. The Bertz CT molecular complexity index is 953. The lowest BCUT2D eigenvalue weighted by atomic mass is 10.0. The van der Waals surface area contributed by atoms with E-state index in [4.69, 9.17) is 9.47 Å². The minimum Gasteiger partial charge on any atom is -0.494 e. The first-order valence-electron chi connectivity index (χ1n) is 11.7. The molecule has 0 unspecified atom stereocenters. The van der Waals surface area contributed by atoms with Gasteiger partial charge in [-0.25, -0.2) is 4.79 Å². The predicted octanol–water partition coefficient (Wildman–Crippen LogP) is 2.68. The van der Waals surface area contributed by atoms with Crippen LogP contribution in [0.5, 0.6) is 5.75 Å². The molecule has 1 fully saturated rings. The number of rotatable bonds is 10. The summed E-state index contributed by atoms with van der Waals surface area (Å²) in [6, 6.07) is 17.6. The molecule has 0 spiro atoms. The Hall–Kier alpha value is -3.57. The van der Waals surface area contributed by atoms with E-state index in [-0.39, 0.29) is 11.9 Å². The van der Waals surface area contributed by atoms with Crippen molar-refractivity contribution in [3.63, 3.8) is 0 Å². The van der Waals surface area contributed by atoms with Crippen molar-refractivity contribution in [2.75, 3.05) is 32.9 Å². The summed E-state index contributed by atoms with van der Waals surface area (Å²) in [6.45, 7) is 4.37. The molecule has 2 atom stereocenters. The van der Waals surface area contributed by atoms with Crippen molar-refractivity contribution in [3.05, 3.63) is 65.7 Å². The summed E-state index contributed by atoms with van der Waals surface area (Å²) in [5.74, 6) is 0.366. The summed E-state index contributed by atoms with van der Waals surface area (Å²) < 4.78 is 10.8. The number of benzene rings is 2. The van der Waals surface area contributed by atoms with Gasteiger partial charge in [0, 0.05) is 19.5 Å². The highest BCUT2D eigenvalue weighted by Crippen LogP contribution is 2.14. The van der Waals surface area contributed by atoms with Crippen LogP contribution in [0.4, 0.5) is 4.79 Å². The fourth-order valence-corrected chi connectivity index (χ4v) is 3.74. The number of morpholine rings is 1. The maximum Gasteiger partial charge on any atom is 0.318 e. The van der Waals surface area contributed by atoms with Gasteiger partial charge in [0.1, 0.15) is 17.8 Å². The minimum absolute atomic E-state index is 0.297. The number of hydrogen-bond donors (Lipinski definition) is 2. The third kappa shape index (κ3) is 7.78. The van der Waals surface area contributed by atoms with Crippen LogP contribution in [0.1, 0.15) is 24.5 Å². The number of nitrogens with one attached hydrogen (secondary N) is 2. The van der Waals surface area contributed by atoms with Crippen LogP contribution in [0.3, 0.4) is 0 Å². The van der Waals surface area contributed by atoms with Crippen LogP contribution in [0, 0.1) is 11.3 Å². The Morgan fingerprint density at radius 3 is 2.41 bits per heavy atom. The summed E-state index contributed by atoms with van der Waals surface area (Å²) >= 11 is 0. The van der Waals surface area contributed by atoms with Crippen LogP contribution in [0.15, 0.2) is 54.6 Å². The normalized spacial score (nSPS) is 15.0. The van der Waals surface area contributed by atoms with Crippen molar-refractivity contribution in [1.29, 1.82) is 5.26 Å². The Labute approximate surface area is 200 Å². The van der Waals surface area contributed by atoms with E-state index in [9.17, 15) is 14.9 Å². The molecule has 0 saturated carbocycles. The number of aryl methyl sites for hydroxylation is 1. The van der Waals surface area contributed by atoms with Crippen LogP contribution in [-0.4, -0.2) is 61.8 Å². The zero-order valence-corrected chi connectivity index (χ0v) is 19.5. The van der Waals surface area contributed by atoms with Crippen molar-refractivity contribution < 1.29 is 19.1 Å². The molecular weight excluding hydrogens is 432 g/mol. The second-order valence-corrected chi connectivity index (χ2v) is 8.10. The summed E-state index contributed by atoms with van der Waals surface area (Å²) in [4.78, 5) is 27.6. The lowest BCUT2D eigenvalue weighted by molar-refractivity contribution is -0.123. The van der Waals surface area contributed by atoms with Crippen LogP contribution in [0.25, 0.3) is 0 Å². The monoisotopic (exact) mass is 464 g/mol. The molecule has 1 heterocycles. The SMILES string of the molecule is CCOc1ccc(C[C@H](NC(=O)N2CCOCC2)C(=O)N[C@H](C#N)CCc2ccccc2)cc1. The topological polar surface area (TPSA) is 104 Å². The van der Waals surface area contributed by atoms with Gasteiger partial charge in [-0.05, 0) is 43.0 Å². The Kier molecular flexibility index (Phi) is 9.74. The summed E-state index contributed by atoms with van der Waals surface area (Å²) in [5, 5.41) is 15.3.